The van der Waals surface area contributed by atoms with E-state index in [0.29, 0.717) is 30.9 Å². The third kappa shape index (κ3) is 4.61. The summed E-state index contributed by atoms with van der Waals surface area (Å²) in [7, 11) is 2.13. The van der Waals surface area contributed by atoms with E-state index in [1.54, 1.807) is 18.3 Å². The number of hydrogen-bond donors (Lipinski definition) is 1. The van der Waals surface area contributed by atoms with Crippen molar-refractivity contribution in [2.75, 3.05) is 12.3 Å². The Balaban J connectivity index is 2.38. The minimum atomic E-state index is 0.0890. The monoisotopic (exact) mass is 224 g/mol. The van der Waals surface area contributed by atoms with E-state index in [9.17, 15) is 4.79 Å². The largest absolute Gasteiger partial charge is 0.382 e. The van der Waals surface area contributed by atoms with Crippen LogP contribution in [0.25, 0.3) is 0 Å². The van der Waals surface area contributed by atoms with E-state index in [0.717, 1.165) is 0 Å². The number of anilines is 1. The Morgan fingerprint density at radius 3 is 3.07 bits per heavy atom. The van der Waals surface area contributed by atoms with Crippen LogP contribution in [-0.4, -0.2) is 17.1 Å². The molecule has 1 heterocycles. The van der Waals surface area contributed by atoms with Crippen LogP contribution in [0.5, 0.6) is 0 Å². The van der Waals surface area contributed by atoms with Gasteiger partial charge in [-0.2, -0.15) is 10.2 Å². The molecule has 0 amide bonds. The summed E-state index contributed by atoms with van der Waals surface area (Å²) in [5, 5.41) is 7.84. The van der Waals surface area contributed by atoms with Gasteiger partial charge in [0.05, 0.1) is 6.54 Å². The number of pyridine rings is 1. The van der Waals surface area contributed by atoms with Crippen LogP contribution in [0.2, 0.25) is 0 Å². The molecule has 1 aromatic heterocycles. The molecule has 0 radical (unpaired) electrons. The van der Waals surface area contributed by atoms with Crippen molar-refractivity contribution in [3.05, 3.63) is 18.3 Å². The molecule has 0 spiro atoms. The summed E-state index contributed by atoms with van der Waals surface area (Å²) in [5.74, 6) is 0.364. The molecule has 2 N–H and O–H groups in total. The molecule has 0 aromatic carbocycles. The second kappa shape index (κ2) is 6.19. The van der Waals surface area contributed by atoms with E-state index in [1.165, 1.54) is 0 Å². The Kier molecular flexibility index (Phi) is 4.84. The number of rotatable bonds is 5. The summed E-state index contributed by atoms with van der Waals surface area (Å²) in [6.07, 6.45) is 2.81. The van der Waals surface area contributed by atoms with Crippen LogP contribution in [0.15, 0.2) is 28.6 Å². The minimum Gasteiger partial charge on any atom is -0.382 e. The van der Waals surface area contributed by atoms with E-state index < -0.39 is 0 Å². The number of azo groups is 1. The highest BCUT2D eigenvalue weighted by Crippen LogP contribution is 2.17. The molecule has 0 bridgehead atoms. The molecule has 1 rings (SSSR count). The minimum absolute atomic E-state index is 0.0890. The molecule has 1 unspecified atom stereocenters. The first-order valence-electron chi connectivity index (χ1n) is 4.56. The Morgan fingerprint density at radius 2 is 2.40 bits per heavy atom. The summed E-state index contributed by atoms with van der Waals surface area (Å²) in [6, 6.07) is 3.49. The zero-order chi connectivity index (χ0) is 11.1. The van der Waals surface area contributed by atoms with E-state index in [1.807, 2.05) is 0 Å². The number of nitrogens with zero attached hydrogens (tertiary/aromatic N) is 3. The van der Waals surface area contributed by atoms with Crippen LogP contribution in [0.4, 0.5) is 11.5 Å². The summed E-state index contributed by atoms with van der Waals surface area (Å²) in [5.41, 5.74) is 6.21. The summed E-state index contributed by atoms with van der Waals surface area (Å²) in [4.78, 5) is 14.5. The van der Waals surface area contributed by atoms with E-state index in [2.05, 4.69) is 24.5 Å². The fourth-order valence-corrected chi connectivity index (χ4v) is 1.15. The summed E-state index contributed by atoms with van der Waals surface area (Å²) >= 11 is 0. The highest BCUT2D eigenvalue weighted by Gasteiger charge is 1.95. The molecule has 1 atom stereocenters. The molecule has 0 fully saturated rings. The van der Waals surface area contributed by atoms with Crippen molar-refractivity contribution in [3.63, 3.8) is 0 Å². The van der Waals surface area contributed by atoms with Gasteiger partial charge in [0, 0.05) is 12.6 Å². The van der Waals surface area contributed by atoms with Crippen molar-refractivity contribution in [2.24, 2.45) is 10.2 Å². The average Bonchev–Trinajstić information content (AvgIpc) is 2.20. The number of carbonyl (C=O) groups is 1. The fraction of sp³-hybridized carbons (Fsp3) is 0.333. The molecule has 15 heavy (non-hydrogen) atoms. The van der Waals surface area contributed by atoms with Crippen molar-refractivity contribution in [2.45, 2.75) is 12.8 Å². The molecule has 0 saturated heterocycles. The van der Waals surface area contributed by atoms with Crippen molar-refractivity contribution in [1.82, 2.24) is 4.98 Å². The molecule has 6 heteroatoms. The van der Waals surface area contributed by atoms with Crippen molar-refractivity contribution < 1.29 is 4.79 Å². The lowest BCUT2D eigenvalue weighted by atomic mass is 10.3. The molecule has 80 valence electrons. The number of carbonyl (C=O) groups excluding carboxylic acids is 1. The topological polar surface area (TPSA) is 80.7 Å². The third-order valence-corrected chi connectivity index (χ3v) is 1.96. The summed E-state index contributed by atoms with van der Waals surface area (Å²) < 4.78 is 0. The van der Waals surface area contributed by atoms with Crippen molar-refractivity contribution >= 4 is 26.3 Å². The third-order valence-electron chi connectivity index (χ3n) is 1.68. The van der Waals surface area contributed by atoms with E-state index in [4.69, 9.17) is 5.73 Å². The van der Waals surface area contributed by atoms with E-state index in [-0.39, 0.29) is 5.52 Å². The second-order valence-corrected chi connectivity index (χ2v) is 3.59. The maximum absolute atomic E-state index is 10.6. The van der Waals surface area contributed by atoms with Crippen LogP contribution in [-0.2, 0) is 4.79 Å². The first-order chi connectivity index (χ1) is 7.20. The normalized spacial score (nSPS) is 10.7. The van der Waals surface area contributed by atoms with Gasteiger partial charge in [0.1, 0.15) is 11.2 Å². The molecular formula is C9H13N4OP. The predicted molar refractivity (Wildman–Crippen MR) is 62.0 cm³/mol. The van der Waals surface area contributed by atoms with Gasteiger partial charge >= 0.3 is 0 Å². The van der Waals surface area contributed by atoms with Gasteiger partial charge in [-0.1, -0.05) is 9.24 Å². The van der Waals surface area contributed by atoms with E-state index >= 15 is 0 Å². The molecular weight excluding hydrogens is 211 g/mol. The lowest BCUT2D eigenvalue weighted by Crippen LogP contribution is -1.89. The maximum Gasteiger partial charge on any atom is 0.151 e. The Labute approximate surface area is 90.4 Å². The number of hydrogen-bond acceptors (Lipinski definition) is 5. The number of nitrogens with two attached hydrogens (primary N) is 1. The Bertz CT molecular complexity index is 367. The maximum atomic E-state index is 10.6. The molecule has 5 nitrogen and oxygen atoms in total. The predicted octanol–water partition coefficient (Wildman–Crippen LogP) is 1.93. The fourth-order valence-electron chi connectivity index (χ4n) is 0.944. The molecule has 0 aliphatic heterocycles. The SMILES string of the molecule is Nc1ncccc1N=NCCCC(=O)P. The first kappa shape index (κ1) is 11.7. The van der Waals surface area contributed by atoms with Crippen LogP contribution in [0, 0.1) is 0 Å². The highest BCUT2D eigenvalue weighted by atomic mass is 31.0. The van der Waals surface area contributed by atoms with Gasteiger partial charge in [-0.05, 0) is 18.6 Å². The average molecular weight is 224 g/mol. The zero-order valence-corrected chi connectivity index (χ0v) is 9.41. The molecule has 0 aliphatic carbocycles. The summed E-state index contributed by atoms with van der Waals surface area (Å²) in [6.45, 7) is 0.522. The number of aromatic nitrogens is 1. The smallest absolute Gasteiger partial charge is 0.151 e. The molecule has 0 aliphatic rings. The highest BCUT2D eigenvalue weighted by molar-refractivity contribution is 7.40. The Morgan fingerprint density at radius 1 is 1.60 bits per heavy atom. The van der Waals surface area contributed by atoms with Crippen LogP contribution >= 0.6 is 9.24 Å². The van der Waals surface area contributed by atoms with Crippen LogP contribution < -0.4 is 5.73 Å². The van der Waals surface area contributed by atoms with Gasteiger partial charge < -0.3 is 5.73 Å². The number of nitrogen functional groups attached to an aromatic ring is 1. The lowest BCUT2D eigenvalue weighted by Gasteiger charge is -1.95. The molecule has 0 saturated carbocycles. The lowest BCUT2D eigenvalue weighted by molar-refractivity contribution is -0.111. The van der Waals surface area contributed by atoms with Gasteiger partial charge in [0.25, 0.3) is 0 Å². The van der Waals surface area contributed by atoms with Gasteiger partial charge in [0.2, 0.25) is 0 Å². The van der Waals surface area contributed by atoms with Crippen LogP contribution in [0.1, 0.15) is 12.8 Å². The Hall–Kier alpha value is -1.35. The quantitative estimate of drug-likeness (QED) is 0.471. The van der Waals surface area contributed by atoms with Crippen molar-refractivity contribution in [3.8, 4) is 0 Å². The molecule has 1 aromatic rings. The van der Waals surface area contributed by atoms with Crippen molar-refractivity contribution in [1.29, 1.82) is 0 Å². The van der Waals surface area contributed by atoms with Gasteiger partial charge in [-0.25, -0.2) is 4.98 Å². The van der Waals surface area contributed by atoms with Crippen LogP contribution in [0.3, 0.4) is 0 Å². The van der Waals surface area contributed by atoms with Gasteiger partial charge in [-0.15, -0.1) is 0 Å². The van der Waals surface area contributed by atoms with Gasteiger partial charge in [0.15, 0.2) is 5.82 Å². The standard InChI is InChI=1S/C9H13N4OP/c10-9-7(3-1-5-11-9)13-12-6-2-4-8(14)15/h1,3,5H,2,4,6,15H2,(H2,10,11). The van der Waals surface area contributed by atoms with Gasteiger partial charge in [-0.3, -0.25) is 4.79 Å². The zero-order valence-electron chi connectivity index (χ0n) is 8.26. The first-order valence-corrected chi connectivity index (χ1v) is 5.14. The second-order valence-electron chi connectivity index (χ2n) is 2.94.